The van der Waals surface area contributed by atoms with Crippen molar-refractivity contribution >= 4 is 15.8 Å². The van der Waals surface area contributed by atoms with E-state index >= 15 is 0 Å². The van der Waals surface area contributed by atoms with Gasteiger partial charge in [0.15, 0.2) is 0 Å². The van der Waals surface area contributed by atoms with Crippen molar-refractivity contribution in [2.45, 2.75) is 18.7 Å². The molecule has 2 aromatic rings. The predicted molar refractivity (Wildman–Crippen MR) is 105 cm³/mol. The molecule has 0 amide bonds. The number of benzene rings is 2. The lowest BCUT2D eigenvalue weighted by Gasteiger charge is -2.43. The lowest BCUT2D eigenvalue weighted by molar-refractivity contribution is 0.446. The fourth-order valence-corrected chi connectivity index (χ4v) is 11.1. The van der Waals surface area contributed by atoms with Crippen molar-refractivity contribution in [3.63, 3.8) is 0 Å². The van der Waals surface area contributed by atoms with Crippen LogP contribution < -0.4 is 0 Å². The second-order valence-corrected chi connectivity index (χ2v) is 12.1. The molecule has 0 aliphatic carbocycles. The Bertz CT molecular complexity index is 543. The number of hydrogen-bond donors (Lipinski definition) is 0. The van der Waals surface area contributed by atoms with Gasteiger partial charge in [-0.3, -0.25) is 0 Å². The average molecular weight is 340 g/mol. The van der Waals surface area contributed by atoms with Gasteiger partial charge >= 0.3 is 0 Å². The Morgan fingerprint density at radius 3 is 1.39 bits per heavy atom. The summed E-state index contributed by atoms with van der Waals surface area (Å²) in [7, 11) is 0.502. The molecule has 0 radical (unpaired) electrons. The number of hydrogen-bond acceptors (Lipinski definition) is 0. The van der Waals surface area contributed by atoms with Gasteiger partial charge in [-0.05, 0) is 66.4 Å². The number of fused-ring (bicyclic) bond motifs is 2. The van der Waals surface area contributed by atoms with E-state index in [1.807, 2.05) is 0 Å². The van der Waals surface area contributed by atoms with Crippen LogP contribution in [0, 0.1) is 11.8 Å². The highest BCUT2D eigenvalue weighted by Gasteiger charge is 2.35. The zero-order valence-corrected chi connectivity index (χ0v) is 15.6. The molecule has 23 heavy (non-hydrogen) atoms. The van der Waals surface area contributed by atoms with Crippen LogP contribution in [0.25, 0.3) is 0 Å². The molecule has 120 valence electrons. The summed E-state index contributed by atoms with van der Waals surface area (Å²) in [4.78, 5) is 0. The van der Waals surface area contributed by atoms with Gasteiger partial charge in [-0.1, -0.05) is 60.7 Å². The molecule has 0 spiro atoms. The standard InChI is InChI=1S/C21H26P2/c1-3-7-18(8-4-1)12-22-14-20-11-21(15-22)17-23(16-20)13-19-9-5-2-6-10-19/h1-10,20-21H,11-17H2. The molecule has 2 fully saturated rings. The van der Waals surface area contributed by atoms with Gasteiger partial charge in [-0.15, -0.1) is 15.8 Å². The molecule has 0 saturated carbocycles. The zero-order chi connectivity index (χ0) is 15.5. The Kier molecular flexibility index (Phi) is 5.13. The predicted octanol–water partition coefficient (Wildman–Crippen LogP) is 6.00. The summed E-state index contributed by atoms with van der Waals surface area (Å²) in [6.45, 7) is 0. The first kappa shape index (κ1) is 15.8. The average Bonchev–Trinajstić information content (AvgIpc) is 2.56. The first-order valence-electron chi connectivity index (χ1n) is 8.88. The molecule has 2 heteroatoms. The molecule has 0 unspecified atom stereocenters. The van der Waals surface area contributed by atoms with Gasteiger partial charge in [-0.2, -0.15) is 0 Å². The van der Waals surface area contributed by atoms with Gasteiger partial charge in [0.2, 0.25) is 0 Å². The van der Waals surface area contributed by atoms with Crippen molar-refractivity contribution in [3.05, 3.63) is 71.8 Å². The summed E-state index contributed by atoms with van der Waals surface area (Å²) in [5.74, 6) is 2.10. The van der Waals surface area contributed by atoms with E-state index in [1.165, 1.54) is 12.3 Å². The first-order valence-corrected chi connectivity index (χ1v) is 12.7. The van der Waals surface area contributed by atoms with Crippen molar-refractivity contribution in [3.8, 4) is 0 Å². The molecule has 2 heterocycles. The second-order valence-electron chi connectivity index (χ2n) is 7.33. The fraction of sp³-hybridized carbons (Fsp3) is 0.429. The Labute approximate surface area is 143 Å². The molecule has 2 saturated heterocycles. The molecule has 0 N–H and O–H groups in total. The zero-order valence-electron chi connectivity index (χ0n) is 13.8. The van der Waals surface area contributed by atoms with Gasteiger partial charge in [0.25, 0.3) is 0 Å². The Morgan fingerprint density at radius 1 is 0.609 bits per heavy atom. The maximum absolute atomic E-state index is 2.33. The fourth-order valence-electron chi connectivity index (χ4n) is 4.44. The summed E-state index contributed by atoms with van der Waals surface area (Å²) in [6, 6.07) is 22.4. The van der Waals surface area contributed by atoms with E-state index in [-0.39, 0.29) is 15.8 Å². The molecule has 0 atom stereocenters. The van der Waals surface area contributed by atoms with Crippen molar-refractivity contribution in [2.75, 3.05) is 24.6 Å². The van der Waals surface area contributed by atoms with E-state index in [4.69, 9.17) is 0 Å². The highest BCUT2D eigenvalue weighted by molar-refractivity contribution is 7.58. The molecule has 2 aromatic carbocycles. The highest BCUT2D eigenvalue weighted by Crippen LogP contribution is 2.58. The highest BCUT2D eigenvalue weighted by atomic mass is 31.1. The molecular formula is C21H26P2. The molecule has 0 aromatic heterocycles. The monoisotopic (exact) mass is 340 g/mol. The van der Waals surface area contributed by atoms with Crippen LogP contribution in [0.5, 0.6) is 0 Å². The lowest BCUT2D eigenvalue weighted by Crippen LogP contribution is -2.31. The van der Waals surface area contributed by atoms with Crippen LogP contribution in [0.2, 0.25) is 0 Å². The smallest absolute Gasteiger partial charge is 0.00729 e. The normalized spacial score (nSPS) is 30.1. The van der Waals surface area contributed by atoms with Crippen molar-refractivity contribution in [1.82, 2.24) is 0 Å². The van der Waals surface area contributed by atoms with Crippen LogP contribution in [-0.4, -0.2) is 24.6 Å². The van der Waals surface area contributed by atoms with Gasteiger partial charge in [0, 0.05) is 0 Å². The van der Waals surface area contributed by atoms with E-state index in [1.54, 1.807) is 42.2 Å². The summed E-state index contributed by atoms with van der Waals surface area (Å²) in [5, 5.41) is 0. The van der Waals surface area contributed by atoms with Gasteiger partial charge < -0.3 is 0 Å². The summed E-state index contributed by atoms with van der Waals surface area (Å²) >= 11 is 0. The molecule has 0 nitrogen and oxygen atoms in total. The maximum Gasteiger partial charge on any atom is -0.00729 e. The summed E-state index contributed by atoms with van der Waals surface area (Å²) in [5.41, 5.74) is 3.15. The Balaban J connectivity index is 1.35. The van der Waals surface area contributed by atoms with Crippen molar-refractivity contribution in [2.24, 2.45) is 11.8 Å². The van der Waals surface area contributed by atoms with Gasteiger partial charge in [-0.25, -0.2) is 0 Å². The quantitative estimate of drug-likeness (QED) is 0.599. The maximum atomic E-state index is 2.33. The van der Waals surface area contributed by atoms with Crippen LogP contribution in [0.4, 0.5) is 0 Å². The van der Waals surface area contributed by atoms with Crippen LogP contribution in [0.15, 0.2) is 60.7 Å². The Hall–Kier alpha value is -0.700. The van der Waals surface area contributed by atoms with Gasteiger partial charge in [0.05, 0.1) is 0 Å². The minimum atomic E-state index is 0.251. The molecule has 4 rings (SSSR count). The summed E-state index contributed by atoms with van der Waals surface area (Å²) < 4.78 is 0. The van der Waals surface area contributed by atoms with Crippen molar-refractivity contribution in [1.29, 1.82) is 0 Å². The second kappa shape index (κ2) is 7.46. The molecule has 2 aliphatic heterocycles. The number of rotatable bonds is 4. The lowest BCUT2D eigenvalue weighted by atomic mass is 9.99. The van der Waals surface area contributed by atoms with Crippen LogP contribution in [0.3, 0.4) is 0 Å². The van der Waals surface area contributed by atoms with E-state index in [9.17, 15) is 0 Å². The Morgan fingerprint density at radius 2 is 1.00 bits per heavy atom. The third-order valence-electron chi connectivity index (χ3n) is 5.23. The van der Waals surface area contributed by atoms with Crippen molar-refractivity contribution < 1.29 is 0 Å². The van der Waals surface area contributed by atoms with E-state index in [0.717, 1.165) is 11.8 Å². The minimum absolute atomic E-state index is 0.251. The topological polar surface area (TPSA) is 0 Å². The third kappa shape index (κ3) is 4.23. The van der Waals surface area contributed by atoms with Crippen LogP contribution in [0.1, 0.15) is 17.5 Å². The SMILES string of the molecule is c1ccc(CP2CC3CC(C2)CP(Cc2ccccc2)C3)cc1. The molecule has 2 aliphatic rings. The van der Waals surface area contributed by atoms with Gasteiger partial charge in [0.1, 0.15) is 0 Å². The van der Waals surface area contributed by atoms with E-state index < -0.39 is 0 Å². The van der Waals surface area contributed by atoms with Crippen LogP contribution in [-0.2, 0) is 12.3 Å². The van der Waals surface area contributed by atoms with E-state index in [0.29, 0.717) is 0 Å². The third-order valence-corrected chi connectivity index (χ3v) is 11.0. The largest absolute Gasteiger partial charge is 0.102 e. The van der Waals surface area contributed by atoms with E-state index in [2.05, 4.69) is 60.7 Å². The summed E-state index contributed by atoms with van der Waals surface area (Å²) in [6.07, 6.45) is 10.5. The molecule has 2 bridgehead atoms. The first-order chi connectivity index (χ1) is 11.3. The minimum Gasteiger partial charge on any atom is -0.102 e. The van der Waals surface area contributed by atoms with Crippen LogP contribution >= 0.6 is 15.8 Å². The molecular weight excluding hydrogens is 314 g/mol.